The second kappa shape index (κ2) is 21.8. The number of hydrogen-bond acceptors (Lipinski definition) is 14. The Balaban J connectivity index is 0.00000676. The summed E-state index contributed by atoms with van der Waals surface area (Å²) in [5.41, 5.74) is 7.10. The number of aromatic nitrogens is 6. The van der Waals surface area contributed by atoms with Crippen molar-refractivity contribution in [3.8, 4) is 12.3 Å². The summed E-state index contributed by atoms with van der Waals surface area (Å²) in [6.07, 6.45) is 8.64. The van der Waals surface area contributed by atoms with E-state index in [9.17, 15) is 4.79 Å². The van der Waals surface area contributed by atoms with Crippen LogP contribution in [0.15, 0.2) is 6.20 Å². The van der Waals surface area contributed by atoms with E-state index in [2.05, 4.69) is 59.0 Å². The van der Waals surface area contributed by atoms with Gasteiger partial charge in [-0.3, -0.25) is 4.79 Å². The number of morpholine rings is 1. The molecular formula is C33H55ClN11O5-. The van der Waals surface area contributed by atoms with Crippen LogP contribution in [-0.2, 0) is 23.7 Å². The number of carbonyl (C=O) groups excluding carboxylic acids is 1. The highest BCUT2D eigenvalue weighted by Crippen LogP contribution is 2.26. The number of amides is 1. The van der Waals surface area contributed by atoms with E-state index < -0.39 is 6.04 Å². The standard InChI is InChI=1S/C33H55N11O5.ClH/c1-6-15-46-19-21-49-22-20-47-16-8-35-31-36-32(38-33(37-31)43-13-17-48-18-14-43)42-11-9-41(10-12-42)30(45)29(26(5)7-2)44-24-28(39-40-44)27(34)23-25(3)4;/h1,24-27,29H,7-23,34H2,2-5H3,(H,35,36,37,38);1H/p-1/t26-,27-,29-;/m0./s1. The van der Waals surface area contributed by atoms with Crippen molar-refractivity contribution in [2.75, 3.05) is 114 Å². The first-order chi connectivity index (χ1) is 23.8. The zero-order chi connectivity index (χ0) is 35.0. The average molecular weight is 721 g/mol. The molecule has 0 unspecified atom stereocenters. The zero-order valence-electron chi connectivity index (χ0n) is 30.0. The predicted octanol–water partition coefficient (Wildman–Crippen LogP) is -1.62. The van der Waals surface area contributed by atoms with Gasteiger partial charge < -0.3 is 57.1 Å². The van der Waals surface area contributed by atoms with Gasteiger partial charge in [0.2, 0.25) is 23.8 Å². The van der Waals surface area contributed by atoms with Gasteiger partial charge in [0.05, 0.1) is 64.2 Å². The van der Waals surface area contributed by atoms with Crippen LogP contribution in [0.3, 0.4) is 0 Å². The summed E-state index contributed by atoms with van der Waals surface area (Å²) in [7, 11) is 0. The van der Waals surface area contributed by atoms with Gasteiger partial charge in [0.1, 0.15) is 12.6 Å². The number of ether oxygens (including phenoxy) is 4. The molecule has 0 saturated carbocycles. The van der Waals surface area contributed by atoms with Crippen LogP contribution in [0.4, 0.5) is 17.8 Å². The van der Waals surface area contributed by atoms with E-state index in [-0.39, 0.29) is 36.9 Å². The quantitative estimate of drug-likeness (QED) is 0.118. The molecule has 280 valence electrons. The molecule has 4 heterocycles. The zero-order valence-corrected chi connectivity index (χ0v) is 30.8. The minimum Gasteiger partial charge on any atom is -1.00 e. The van der Waals surface area contributed by atoms with Crippen molar-refractivity contribution in [2.24, 2.45) is 17.6 Å². The number of rotatable bonds is 20. The third-order valence-corrected chi connectivity index (χ3v) is 8.59. The van der Waals surface area contributed by atoms with Crippen LogP contribution < -0.4 is 33.3 Å². The van der Waals surface area contributed by atoms with E-state index in [1.54, 1.807) is 4.68 Å². The molecule has 4 rings (SSSR count). The summed E-state index contributed by atoms with van der Waals surface area (Å²) < 4.78 is 23.6. The lowest BCUT2D eigenvalue weighted by Crippen LogP contribution is -3.00. The molecule has 16 nitrogen and oxygen atoms in total. The number of carbonyl (C=O) groups is 1. The van der Waals surface area contributed by atoms with Crippen LogP contribution >= 0.6 is 0 Å². The predicted molar refractivity (Wildman–Crippen MR) is 186 cm³/mol. The van der Waals surface area contributed by atoms with Crippen LogP contribution in [0.5, 0.6) is 0 Å². The highest BCUT2D eigenvalue weighted by molar-refractivity contribution is 5.81. The average Bonchev–Trinajstić information content (AvgIpc) is 3.60. The molecule has 3 atom stereocenters. The fourth-order valence-corrected chi connectivity index (χ4v) is 5.66. The first-order valence-corrected chi connectivity index (χ1v) is 17.5. The summed E-state index contributed by atoms with van der Waals surface area (Å²) in [5.74, 6) is 4.62. The van der Waals surface area contributed by atoms with Crippen LogP contribution in [0, 0.1) is 24.2 Å². The first-order valence-electron chi connectivity index (χ1n) is 17.5. The van der Waals surface area contributed by atoms with Crippen molar-refractivity contribution >= 4 is 23.8 Å². The van der Waals surface area contributed by atoms with Gasteiger partial charge in [-0.1, -0.05) is 45.2 Å². The van der Waals surface area contributed by atoms with Gasteiger partial charge in [-0.25, -0.2) is 4.68 Å². The Bertz CT molecular complexity index is 1320. The topological polar surface area (TPSA) is 171 Å². The first kappa shape index (κ1) is 41.1. The highest BCUT2D eigenvalue weighted by atomic mass is 35.5. The molecule has 2 aliphatic rings. The van der Waals surface area contributed by atoms with Crippen molar-refractivity contribution in [3.05, 3.63) is 11.9 Å². The van der Waals surface area contributed by atoms with E-state index in [4.69, 9.17) is 46.1 Å². The second-order valence-corrected chi connectivity index (χ2v) is 12.8. The van der Waals surface area contributed by atoms with Gasteiger partial charge in [0.15, 0.2) is 0 Å². The fraction of sp³-hybridized carbons (Fsp3) is 0.758. The normalized spacial score (nSPS) is 16.9. The van der Waals surface area contributed by atoms with E-state index in [0.717, 1.165) is 12.8 Å². The third kappa shape index (κ3) is 12.5. The number of nitrogens with two attached hydrogens (primary N) is 1. The van der Waals surface area contributed by atoms with Gasteiger partial charge in [0, 0.05) is 45.8 Å². The molecule has 2 aliphatic heterocycles. The maximum absolute atomic E-state index is 14.0. The molecule has 1 amide bonds. The van der Waals surface area contributed by atoms with Crippen molar-refractivity contribution in [2.45, 2.75) is 52.6 Å². The van der Waals surface area contributed by atoms with E-state index in [1.807, 2.05) is 11.1 Å². The largest absolute Gasteiger partial charge is 1.00 e. The van der Waals surface area contributed by atoms with Crippen molar-refractivity contribution in [1.82, 2.24) is 34.8 Å². The maximum Gasteiger partial charge on any atom is 0.247 e. The Morgan fingerprint density at radius 3 is 2.20 bits per heavy atom. The van der Waals surface area contributed by atoms with Crippen molar-refractivity contribution in [1.29, 1.82) is 0 Å². The Morgan fingerprint density at radius 1 is 0.960 bits per heavy atom. The number of terminal acetylenes is 1. The molecule has 17 heteroatoms. The number of nitrogens with zero attached hydrogens (tertiary/aromatic N) is 9. The molecule has 2 fully saturated rings. The van der Waals surface area contributed by atoms with E-state index in [0.29, 0.717) is 122 Å². The molecule has 3 N–H and O–H groups in total. The summed E-state index contributed by atoms with van der Waals surface area (Å²) in [4.78, 5) is 34.4. The summed E-state index contributed by atoms with van der Waals surface area (Å²) in [6, 6.07) is -0.665. The number of hydrogen-bond donors (Lipinski definition) is 2. The van der Waals surface area contributed by atoms with E-state index in [1.165, 1.54) is 0 Å². The molecular weight excluding hydrogens is 666 g/mol. The Hall–Kier alpha value is -3.33. The van der Waals surface area contributed by atoms with Crippen LogP contribution in [0.2, 0.25) is 0 Å². The second-order valence-electron chi connectivity index (χ2n) is 12.8. The van der Waals surface area contributed by atoms with Crippen molar-refractivity contribution in [3.63, 3.8) is 0 Å². The Labute approximate surface area is 302 Å². The molecule has 0 spiro atoms. The minimum atomic E-state index is -0.452. The Morgan fingerprint density at radius 2 is 1.58 bits per heavy atom. The van der Waals surface area contributed by atoms with Crippen LogP contribution in [-0.4, -0.2) is 139 Å². The summed E-state index contributed by atoms with van der Waals surface area (Å²) in [5, 5.41) is 12.0. The van der Waals surface area contributed by atoms with Gasteiger partial charge >= 0.3 is 0 Å². The third-order valence-electron chi connectivity index (χ3n) is 8.59. The van der Waals surface area contributed by atoms with Gasteiger partial charge in [-0.05, 0) is 18.3 Å². The minimum absolute atomic E-state index is 0. The molecule has 2 aromatic heterocycles. The number of halogens is 1. The number of piperazine rings is 1. The monoisotopic (exact) mass is 720 g/mol. The SMILES string of the molecule is C#CCOCCOCCOCCNc1nc(N2CCOCC2)nc(N2CCN(C(=O)[C@H]([C@@H](C)CC)n3cc([C@@H](N)CC(C)C)nn3)CC2)n1.[Cl-]. The summed E-state index contributed by atoms with van der Waals surface area (Å²) in [6.45, 7) is 16.4. The molecule has 50 heavy (non-hydrogen) atoms. The lowest BCUT2D eigenvalue weighted by Gasteiger charge is -2.37. The number of anilines is 3. The smallest absolute Gasteiger partial charge is 0.247 e. The Kier molecular flexibility index (Phi) is 17.9. The van der Waals surface area contributed by atoms with Crippen LogP contribution in [0.25, 0.3) is 0 Å². The van der Waals surface area contributed by atoms with Crippen molar-refractivity contribution < 1.29 is 36.1 Å². The maximum atomic E-state index is 14.0. The molecule has 2 saturated heterocycles. The van der Waals surface area contributed by atoms with Gasteiger partial charge in [0.25, 0.3) is 0 Å². The fourth-order valence-electron chi connectivity index (χ4n) is 5.66. The highest BCUT2D eigenvalue weighted by Gasteiger charge is 2.34. The van der Waals surface area contributed by atoms with E-state index >= 15 is 0 Å². The molecule has 0 aliphatic carbocycles. The van der Waals surface area contributed by atoms with Crippen LogP contribution in [0.1, 0.15) is 58.3 Å². The van der Waals surface area contributed by atoms with Gasteiger partial charge in [-0.2, -0.15) is 15.0 Å². The number of nitrogens with one attached hydrogen (secondary N) is 1. The summed E-state index contributed by atoms with van der Waals surface area (Å²) >= 11 is 0. The molecule has 0 aromatic carbocycles. The molecule has 0 bridgehead atoms. The lowest BCUT2D eigenvalue weighted by molar-refractivity contribution is -0.137. The van der Waals surface area contributed by atoms with Gasteiger partial charge in [-0.15, -0.1) is 11.5 Å². The lowest BCUT2D eigenvalue weighted by atomic mass is 9.97. The molecule has 2 aromatic rings. The molecule has 0 radical (unpaired) electrons.